The number of carbonyl (C=O) groups excluding carboxylic acids is 2. The number of morpholine rings is 1. The maximum atomic E-state index is 13.4. The summed E-state index contributed by atoms with van der Waals surface area (Å²) in [6, 6.07) is 6.09. The van der Waals surface area contributed by atoms with Crippen molar-refractivity contribution in [2.45, 2.75) is 19.5 Å². The molecule has 0 aliphatic carbocycles. The standard InChI is InChI=1S/C21H31FN4O3/c1-17(21(28)23(2)15-18-4-3-5-19(22)14-18)25-8-6-24(7-9-25)16-20(27)26-10-12-29-13-11-26/h3-5,14,17H,6-13,15-16H2,1-2H3. The van der Waals surface area contributed by atoms with Gasteiger partial charge < -0.3 is 14.5 Å². The molecule has 29 heavy (non-hydrogen) atoms. The van der Waals surface area contributed by atoms with Gasteiger partial charge in [-0.15, -0.1) is 0 Å². The van der Waals surface area contributed by atoms with Crippen LogP contribution in [0.4, 0.5) is 4.39 Å². The molecular formula is C21H31FN4O3. The van der Waals surface area contributed by atoms with Crippen molar-refractivity contribution in [2.24, 2.45) is 0 Å². The molecular weight excluding hydrogens is 375 g/mol. The third-order valence-electron chi connectivity index (χ3n) is 5.72. The molecule has 0 saturated carbocycles. The summed E-state index contributed by atoms with van der Waals surface area (Å²) in [5.41, 5.74) is 0.777. The number of amides is 2. The summed E-state index contributed by atoms with van der Waals surface area (Å²) in [6.45, 7) is 8.31. The summed E-state index contributed by atoms with van der Waals surface area (Å²) in [5.74, 6) is -0.119. The van der Waals surface area contributed by atoms with E-state index in [1.54, 1.807) is 18.0 Å². The van der Waals surface area contributed by atoms with E-state index in [0.717, 1.165) is 31.7 Å². The van der Waals surface area contributed by atoms with Gasteiger partial charge in [-0.3, -0.25) is 19.4 Å². The van der Waals surface area contributed by atoms with Crippen LogP contribution in [0.25, 0.3) is 0 Å². The van der Waals surface area contributed by atoms with Crippen molar-refractivity contribution in [1.82, 2.24) is 19.6 Å². The Hall–Kier alpha value is -2.03. The molecule has 0 radical (unpaired) electrons. The molecule has 1 atom stereocenters. The van der Waals surface area contributed by atoms with Crippen LogP contribution in [0, 0.1) is 5.82 Å². The van der Waals surface area contributed by atoms with Crippen molar-refractivity contribution in [3.63, 3.8) is 0 Å². The molecule has 8 heteroatoms. The summed E-state index contributed by atoms with van der Waals surface area (Å²) in [4.78, 5) is 33.0. The number of hydrogen-bond acceptors (Lipinski definition) is 5. The highest BCUT2D eigenvalue weighted by Gasteiger charge is 2.29. The van der Waals surface area contributed by atoms with Gasteiger partial charge in [0.25, 0.3) is 0 Å². The van der Waals surface area contributed by atoms with Crippen LogP contribution in [0.2, 0.25) is 0 Å². The lowest BCUT2D eigenvalue weighted by atomic mass is 10.1. The fourth-order valence-corrected chi connectivity index (χ4v) is 3.88. The van der Waals surface area contributed by atoms with Crippen LogP contribution in [0.5, 0.6) is 0 Å². The smallest absolute Gasteiger partial charge is 0.239 e. The molecule has 3 rings (SSSR count). The van der Waals surface area contributed by atoms with Crippen molar-refractivity contribution in [1.29, 1.82) is 0 Å². The largest absolute Gasteiger partial charge is 0.378 e. The van der Waals surface area contributed by atoms with Gasteiger partial charge >= 0.3 is 0 Å². The fourth-order valence-electron chi connectivity index (χ4n) is 3.88. The molecule has 2 saturated heterocycles. The molecule has 160 valence electrons. The minimum atomic E-state index is -0.292. The molecule has 2 aliphatic rings. The Bertz CT molecular complexity index is 703. The van der Waals surface area contributed by atoms with Gasteiger partial charge in [0.1, 0.15) is 5.82 Å². The van der Waals surface area contributed by atoms with Crippen LogP contribution in [0.3, 0.4) is 0 Å². The number of ether oxygens (including phenoxy) is 1. The van der Waals surface area contributed by atoms with Crippen molar-refractivity contribution in [3.05, 3.63) is 35.6 Å². The van der Waals surface area contributed by atoms with E-state index in [1.165, 1.54) is 12.1 Å². The zero-order valence-electron chi connectivity index (χ0n) is 17.3. The van der Waals surface area contributed by atoms with E-state index in [4.69, 9.17) is 4.74 Å². The van der Waals surface area contributed by atoms with E-state index >= 15 is 0 Å². The van der Waals surface area contributed by atoms with Crippen LogP contribution < -0.4 is 0 Å². The number of halogens is 1. The first-order chi connectivity index (χ1) is 13.9. The van der Waals surface area contributed by atoms with Gasteiger partial charge in [0.15, 0.2) is 0 Å². The van der Waals surface area contributed by atoms with Crippen LogP contribution >= 0.6 is 0 Å². The van der Waals surface area contributed by atoms with Crippen LogP contribution in [-0.2, 0) is 20.9 Å². The second-order valence-electron chi connectivity index (χ2n) is 7.81. The lowest BCUT2D eigenvalue weighted by molar-refractivity contribution is -0.139. The second kappa shape index (κ2) is 10.1. The number of nitrogens with zero attached hydrogens (tertiary/aromatic N) is 4. The minimum absolute atomic E-state index is 0.0205. The summed E-state index contributed by atoms with van der Waals surface area (Å²) in [7, 11) is 1.75. The second-order valence-corrected chi connectivity index (χ2v) is 7.81. The predicted molar refractivity (Wildman–Crippen MR) is 108 cm³/mol. The van der Waals surface area contributed by atoms with Gasteiger partial charge in [-0.2, -0.15) is 0 Å². The summed E-state index contributed by atoms with van der Waals surface area (Å²) in [5, 5.41) is 0. The molecule has 2 heterocycles. The van der Waals surface area contributed by atoms with Gasteiger partial charge in [0.05, 0.1) is 25.8 Å². The zero-order valence-corrected chi connectivity index (χ0v) is 17.3. The Kier molecular flexibility index (Phi) is 7.57. The molecule has 2 aliphatic heterocycles. The van der Waals surface area contributed by atoms with Crippen LogP contribution in [0.15, 0.2) is 24.3 Å². The lowest BCUT2D eigenvalue weighted by Crippen LogP contribution is -2.55. The van der Waals surface area contributed by atoms with Crippen molar-refractivity contribution >= 4 is 11.8 Å². The molecule has 2 amide bonds. The van der Waals surface area contributed by atoms with Gasteiger partial charge in [-0.1, -0.05) is 12.1 Å². The first-order valence-corrected chi connectivity index (χ1v) is 10.3. The summed E-state index contributed by atoms with van der Waals surface area (Å²) >= 11 is 0. The van der Waals surface area contributed by atoms with E-state index in [0.29, 0.717) is 39.4 Å². The Morgan fingerprint density at radius 1 is 1.14 bits per heavy atom. The quantitative estimate of drug-likeness (QED) is 0.694. The van der Waals surface area contributed by atoms with Gasteiger partial charge in [-0.05, 0) is 24.6 Å². The fraction of sp³-hybridized carbons (Fsp3) is 0.619. The number of benzene rings is 1. The van der Waals surface area contributed by atoms with E-state index in [9.17, 15) is 14.0 Å². The van der Waals surface area contributed by atoms with Gasteiger partial charge in [-0.25, -0.2) is 4.39 Å². The zero-order chi connectivity index (χ0) is 20.8. The molecule has 1 aromatic rings. The van der Waals surface area contributed by atoms with E-state index in [-0.39, 0.29) is 23.7 Å². The monoisotopic (exact) mass is 406 g/mol. The van der Waals surface area contributed by atoms with Crippen LogP contribution in [0.1, 0.15) is 12.5 Å². The first kappa shape index (κ1) is 21.7. The Morgan fingerprint density at radius 3 is 2.48 bits per heavy atom. The highest BCUT2D eigenvalue weighted by molar-refractivity contribution is 5.81. The Morgan fingerprint density at radius 2 is 1.83 bits per heavy atom. The third-order valence-corrected chi connectivity index (χ3v) is 5.72. The van der Waals surface area contributed by atoms with E-state index in [1.807, 2.05) is 17.9 Å². The molecule has 0 N–H and O–H groups in total. The van der Waals surface area contributed by atoms with Gasteiger partial charge in [0, 0.05) is 52.9 Å². The average molecular weight is 407 g/mol. The number of rotatable bonds is 6. The summed E-state index contributed by atoms with van der Waals surface area (Å²) in [6.07, 6.45) is 0. The minimum Gasteiger partial charge on any atom is -0.378 e. The maximum absolute atomic E-state index is 13.4. The SMILES string of the molecule is CC(C(=O)N(C)Cc1cccc(F)c1)N1CCN(CC(=O)N2CCOCC2)CC1. The lowest BCUT2D eigenvalue weighted by Gasteiger charge is -2.39. The summed E-state index contributed by atoms with van der Waals surface area (Å²) < 4.78 is 18.7. The van der Waals surface area contributed by atoms with Crippen LogP contribution in [-0.4, -0.2) is 104 Å². The topological polar surface area (TPSA) is 56.3 Å². The predicted octanol–water partition coefficient (Wildman–Crippen LogP) is 0.649. The van der Waals surface area contributed by atoms with E-state index < -0.39 is 0 Å². The molecule has 0 bridgehead atoms. The Balaban J connectivity index is 1.44. The van der Waals surface area contributed by atoms with Crippen molar-refractivity contribution < 1.29 is 18.7 Å². The molecule has 0 spiro atoms. The number of piperazine rings is 1. The highest BCUT2D eigenvalue weighted by atomic mass is 19.1. The number of hydrogen-bond donors (Lipinski definition) is 0. The first-order valence-electron chi connectivity index (χ1n) is 10.3. The van der Waals surface area contributed by atoms with Crippen molar-refractivity contribution in [3.8, 4) is 0 Å². The third kappa shape index (κ3) is 5.98. The highest BCUT2D eigenvalue weighted by Crippen LogP contribution is 2.12. The average Bonchev–Trinajstić information content (AvgIpc) is 2.74. The van der Waals surface area contributed by atoms with Gasteiger partial charge in [0.2, 0.25) is 11.8 Å². The van der Waals surface area contributed by atoms with E-state index in [2.05, 4.69) is 9.80 Å². The Labute approximate surface area is 172 Å². The molecule has 0 aromatic heterocycles. The van der Waals surface area contributed by atoms with Crippen molar-refractivity contribution in [2.75, 3.05) is 66.1 Å². The molecule has 1 aromatic carbocycles. The number of likely N-dealkylation sites (N-methyl/N-ethyl adjacent to an activating group) is 1. The normalized spacial score (nSPS) is 19.8. The molecule has 7 nitrogen and oxygen atoms in total. The molecule has 1 unspecified atom stereocenters. The maximum Gasteiger partial charge on any atom is 0.239 e. The molecule has 2 fully saturated rings. The number of carbonyl (C=O) groups is 2.